The van der Waals surface area contributed by atoms with Gasteiger partial charge in [0.05, 0.1) is 10.8 Å². The fraction of sp³-hybridized carbons (Fsp3) is 0.391. The maximum absolute atomic E-state index is 12.8. The van der Waals surface area contributed by atoms with Gasteiger partial charge >= 0.3 is 0 Å². The van der Waals surface area contributed by atoms with E-state index in [2.05, 4.69) is 5.32 Å². The van der Waals surface area contributed by atoms with Crippen molar-refractivity contribution >= 4 is 33.2 Å². The molecule has 1 heterocycles. The molecule has 7 nitrogen and oxygen atoms in total. The number of carbonyl (C=O) groups is 2. The van der Waals surface area contributed by atoms with Crippen LogP contribution in [0.5, 0.6) is 0 Å². The fourth-order valence-electron chi connectivity index (χ4n) is 3.84. The van der Waals surface area contributed by atoms with Crippen LogP contribution in [-0.2, 0) is 19.6 Å². The zero-order valence-electron chi connectivity index (χ0n) is 18.4. The Morgan fingerprint density at radius 1 is 1.13 bits per heavy atom. The second-order valence-electron chi connectivity index (χ2n) is 7.73. The summed E-state index contributed by atoms with van der Waals surface area (Å²) in [5.74, 6) is -0.888. The minimum atomic E-state index is -3.62. The number of anilines is 2. The molecule has 2 aromatic rings. The summed E-state index contributed by atoms with van der Waals surface area (Å²) in [6, 6.07) is 12.0. The maximum atomic E-state index is 12.8. The van der Waals surface area contributed by atoms with Gasteiger partial charge in [-0.05, 0) is 49.2 Å². The van der Waals surface area contributed by atoms with Crippen molar-refractivity contribution in [1.82, 2.24) is 4.31 Å². The van der Waals surface area contributed by atoms with E-state index in [-0.39, 0.29) is 23.1 Å². The first-order valence-electron chi connectivity index (χ1n) is 10.5. The Bertz CT molecular complexity index is 1090. The number of carbonyl (C=O) groups excluding carboxylic acids is 2. The Hall–Kier alpha value is -2.71. The van der Waals surface area contributed by atoms with Gasteiger partial charge in [-0.1, -0.05) is 32.0 Å². The second-order valence-corrected chi connectivity index (χ2v) is 9.67. The summed E-state index contributed by atoms with van der Waals surface area (Å²) >= 11 is 0. The summed E-state index contributed by atoms with van der Waals surface area (Å²) in [7, 11) is -3.62. The molecule has 3 rings (SSSR count). The standard InChI is InChI=1S/C23H29N3O4S/c1-5-25(6-2)31(29,30)20-11-8-10-19(14-20)24-23(28)18-13-22(27)26(15-18)21-12-7-9-16(3)17(21)4/h7-12,14,18H,5-6,13,15H2,1-4H3,(H,24,28)/t18-/m1/s1. The van der Waals surface area contributed by atoms with Gasteiger partial charge in [-0.2, -0.15) is 4.31 Å². The molecule has 1 aliphatic rings. The lowest BCUT2D eigenvalue weighted by molar-refractivity contribution is -0.122. The first-order valence-corrected chi connectivity index (χ1v) is 11.9. The van der Waals surface area contributed by atoms with Gasteiger partial charge < -0.3 is 10.2 Å². The molecule has 8 heteroatoms. The topological polar surface area (TPSA) is 86.8 Å². The molecular formula is C23H29N3O4S. The first-order chi connectivity index (χ1) is 14.7. The number of hydrogen-bond donors (Lipinski definition) is 1. The highest BCUT2D eigenvalue weighted by Crippen LogP contribution is 2.30. The van der Waals surface area contributed by atoms with Gasteiger partial charge in [0.15, 0.2) is 0 Å². The zero-order valence-corrected chi connectivity index (χ0v) is 19.2. The van der Waals surface area contributed by atoms with E-state index >= 15 is 0 Å². The number of nitrogens with zero attached hydrogens (tertiary/aromatic N) is 2. The van der Waals surface area contributed by atoms with Gasteiger partial charge in [-0.15, -0.1) is 0 Å². The highest BCUT2D eigenvalue weighted by Gasteiger charge is 2.36. The SMILES string of the molecule is CCN(CC)S(=O)(=O)c1cccc(NC(=O)[C@@H]2CC(=O)N(c3cccc(C)c3C)C2)c1. The van der Waals surface area contributed by atoms with Gasteiger partial charge in [-0.25, -0.2) is 8.42 Å². The molecular weight excluding hydrogens is 414 g/mol. The van der Waals surface area contributed by atoms with Crippen LogP contribution in [0.4, 0.5) is 11.4 Å². The molecule has 1 aliphatic heterocycles. The number of sulfonamides is 1. The van der Waals surface area contributed by atoms with Crippen molar-refractivity contribution in [3.05, 3.63) is 53.6 Å². The Morgan fingerprint density at radius 2 is 1.81 bits per heavy atom. The van der Waals surface area contributed by atoms with E-state index in [4.69, 9.17) is 0 Å². The van der Waals surface area contributed by atoms with Gasteiger partial charge in [0.25, 0.3) is 0 Å². The summed E-state index contributed by atoms with van der Waals surface area (Å²) in [4.78, 5) is 27.2. The number of hydrogen-bond acceptors (Lipinski definition) is 4. The van der Waals surface area contributed by atoms with E-state index in [0.717, 1.165) is 16.8 Å². The predicted molar refractivity (Wildman–Crippen MR) is 122 cm³/mol. The molecule has 1 atom stereocenters. The Labute approximate surface area is 184 Å². The van der Waals surface area contributed by atoms with Gasteiger partial charge in [0.2, 0.25) is 21.8 Å². The average Bonchev–Trinajstić information content (AvgIpc) is 3.12. The third-order valence-electron chi connectivity index (χ3n) is 5.81. The van der Waals surface area contributed by atoms with E-state index in [1.54, 1.807) is 30.9 Å². The van der Waals surface area contributed by atoms with E-state index in [9.17, 15) is 18.0 Å². The molecule has 0 radical (unpaired) electrons. The molecule has 1 fully saturated rings. The van der Waals surface area contributed by atoms with Crippen molar-refractivity contribution < 1.29 is 18.0 Å². The molecule has 0 aromatic heterocycles. The predicted octanol–water partition coefficient (Wildman–Crippen LogP) is 3.33. The molecule has 2 aromatic carbocycles. The summed E-state index contributed by atoms with van der Waals surface area (Å²) in [6.07, 6.45) is 0.122. The van der Waals surface area contributed by atoms with Crippen LogP contribution >= 0.6 is 0 Å². The number of amides is 2. The van der Waals surface area contributed by atoms with Gasteiger partial charge in [-0.3, -0.25) is 9.59 Å². The number of aryl methyl sites for hydroxylation is 1. The van der Waals surface area contributed by atoms with Crippen LogP contribution in [0.15, 0.2) is 47.4 Å². The van der Waals surface area contributed by atoms with E-state index in [0.29, 0.717) is 25.3 Å². The Morgan fingerprint density at radius 3 is 2.48 bits per heavy atom. The van der Waals surface area contributed by atoms with Crippen LogP contribution in [0, 0.1) is 19.8 Å². The quantitative estimate of drug-likeness (QED) is 0.711. The molecule has 0 unspecified atom stereocenters. The van der Waals surface area contributed by atoms with Crippen molar-refractivity contribution in [3.8, 4) is 0 Å². The lowest BCUT2D eigenvalue weighted by Crippen LogP contribution is -2.31. The summed E-state index contributed by atoms with van der Waals surface area (Å²) in [5, 5.41) is 2.79. The van der Waals surface area contributed by atoms with Crippen molar-refractivity contribution in [3.63, 3.8) is 0 Å². The van der Waals surface area contributed by atoms with Crippen LogP contribution in [-0.4, -0.2) is 44.2 Å². The van der Waals surface area contributed by atoms with Crippen LogP contribution in [0.1, 0.15) is 31.4 Å². The highest BCUT2D eigenvalue weighted by atomic mass is 32.2. The van der Waals surface area contributed by atoms with E-state index < -0.39 is 15.9 Å². The Balaban J connectivity index is 1.76. The summed E-state index contributed by atoms with van der Waals surface area (Å²) in [5.41, 5.74) is 3.33. The van der Waals surface area contributed by atoms with Gasteiger partial charge in [0.1, 0.15) is 0 Å². The molecule has 0 spiro atoms. The molecule has 0 bridgehead atoms. The highest BCUT2D eigenvalue weighted by molar-refractivity contribution is 7.89. The molecule has 0 aliphatic carbocycles. The average molecular weight is 444 g/mol. The van der Waals surface area contributed by atoms with Crippen LogP contribution in [0.2, 0.25) is 0 Å². The smallest absolute Gasteiger partial charge is 0.243 e. The van der Waals surface area contributed by atoms with Crippen molar-refractivity contribution in [2.45, 2.75) is 39.0 Å². The third-order valence-corrected chi connectivity index (χ3v) is 7.85. The lowest BCUT2D eigenvalue weighted by Gasteiger charge is -2.20. The summed E-state index contributed by atoms with van der Waals surface area (Å²) < 4.78 is 26.9. The largest absolute Gasteiger partial charge is 0.326 e. The monoisotopic (exact) mass is 443 g/mol. The number of benzene rings is 2. The summed E-state index contributed by atoms with van der Waals surface area (Å²) in [6.45, 7) is 8.56. The molecule has 1 N–H and O–H groups in total. The van der Waals surface area contributed by atoms with Crippen LogP contribution in [0.25, 0.3) is 0 Å². The second kappa shape index (κ2) is 9.20. The van der Waals surface area contributed by atoms with E-state index in [1.807, 2.05) is 32.0 Å². The minimum absolute atomic E-state index is 0.0910. The van der Waals surface area contributed by atoms with Crippen LogP contribution in [0.3, 0.4) is 0 Å². The van der Waals surface area contributed by atoms with Crippen LogP contribution < -0.4 is 10.2 Å². The molecule has 166 valence electrons. The van der Waals surface area contributed by atoms with E-state index in [1.165, 1.54) is 16.4 Å². The normalized spacial score (nSPS) is 16.7. The number of rotatable bonds is 7. The third kappa shape index (κ3) is 4.65. The van der Waals surface area contributed by atoms with Gasteiger partial charge in [0, 0.05) is 37.4 Å². The Kier molecular flexibility index (Phi) is 6.81. The lowest BCUT2D eigenvalue weighted by atomic mass is 10.1. The molecule has 0 saturated carbocycles. The molecule has 1 saturated heterocycles. The molecule has 31 heavy (non-hydrogen) atoms. The number of nitrogens with one attached hydrogen (secondary N) is 1. The van der Waals surface area contributed by atoms with Crippen molar-refractivity contribution in [2.24, 2.45) is 5.92 Å². The van der Waals surface area contributed by atoms with Crippen molar-refractivity contribution in [1.29, 1.82) is 0 Å². The molecule has 2 amide bonds. The maximum Gasteiger partial charge on any atom is 0.243 e. The zero-order chi connectivity index (χ0) is 22.8. The fourth-order valence-corrected chi connectivity index (χ4v) is 5.34. The first kappa shape index (κ1) is 23.0. The minimum Gasteiger partial charge on any atom is -0.326 e. The van der Waals surface area contributed by atoms with Crippen molar-refractivity contribution in [2.75, 3.05) is 29.9 Å².